The van der Waals surface area contributed by atoms with E-state index in [1.807, 2.05) is 12.2 Å². The van der Waals surface area contributed by atoms with Crippen molar-refractivity contribution in [3.05, 3.63) is 73.2 Å². The van der Waals surface area contributed by atoms with Crippen LogP contribution in [0.3, 0.4) is 0 Å². The quantitative estimate of drug-likeness (QED) is 0.306. The SMILES string of the molecule is C=C/C=C\C=C(/N)CC(NC(=S)NCCO)C(/C=C\N)=C/C=C. The lowest BCUT2D eigenvalue weighted by molar-refractivity contribution is 0.300. The fourth-order valence-corrected chi connectivity index (χ4v) is 1.97. The first-order valence-electron chi connectivity index (χ1n) is 7.18. The van der Waals surface area contributed by atoms with Crippen LogP contribution in [0, 0.1) is 0 Å². The van der Waals surface area contributed by atoms with E-state index in [9.17, 15) is 0 Å². The summed E-state index contributed by atoms with van der Waals surface area (Å²) in [6.45, 7) is 7.68. The summed E-state index contributed by atoms with van der Waals surface area (Å²) >= 11 is 5.21. The molecule has 0 rings (SSSR count). The number of allylic oxidation sites excluding steroid dienone is 6. The molecule has 126 valence electrons. The maximum absolute atomic E-state index is 8.85. The molecule has 23 heavy (non-hydrogen) atoms. The molecular formula is C17H26N4OS. The third-order valence-corrected chi connectivity index (χ3v) is 2.96. The molecule has 6 heteroatoms. The predicted molar refractivity (Wildman–Crippen MR) is 102 cm³/mol. The number of hydrogen-bond donors (Lipinski definition) is 5. The van der Waals surface area contributed by atoms with Gasteiger partial charge in [-0.25, -0.2) is 0 Å². The lowest BCUT2D eigenvalue weighted by Crippen LogP contribution is -2.44. The van der Waals surface area contributed by atoms with Crippen molar-refractivity contribution in [3.63, 3.8) is 0 Å². The Balaban J connectivity index is 5.19. The number of nitrogens with one attached hydrogen (secondary N) is 2. The van der Waals surface area contributed by atoms with Crippen molar-refractivity contribution in [1.29, 1.82) is 0 Å². The van der Waals surface area contributed by atoms with Crippen molar-refractivity contribution in [1.82, 2.24) is 10.6 Å². The fourth-order valence-electron chi connectivity index (χ4n) is 1.73. The van der Waals surface area contributed by atoms with Crippen LogP contribution in [0.5, 0.6) is 0 Å². The van der Waals surface area contributed by atoms with Gasteiger partial charge in [0, 0.05) is 18.7 Å². The molecule has 0 saturated carbocycles. The molecule has 5 nitrogen and oxygen atoms in total. The molecule has 0 radical (unpaired) electrons. The summed E-state index contributed by atoms with van der Waals surface area (Å²) in [6.07, 6.45) is 14.3. The summed E-state index contributed by atoms with van der Waals surface area (Å²) in [7, 11) is 0. The van der Waals surface area contributed by atoms with Gasteiger partial charge in [0.15, 0.2) is 5.11 Å². The minimum atomic E-state index is -0.181. The number of rotatable bonds is 10. The van der Waals surface area contributed by atoms with Crippen LogP contribution in [0.15, 0.2) is 73.2 Å². The molecule has 0 aromatic carbocycles. The molecule has 1 unspecified atom stereocenters. The highest BCUT2D eigenvalue weighted by atomic mass is 32.1. The van der Waals surface area contributed by atoms with E-state index in [-0.39, 0.29) is 12.6 Å². The van der Waals surface area contributed by atoms with Gasteiger partial charge in [0.1, 0.15) is 0 Å². The Morgan fingerprint density at radius 2 is 1.96 bits per heavy atom. The summed E-state index contributed by atoms with van der Waals surface area (Å²) in [5.74, 6) is 0. The van der Waals surface area contributed by atoms with E-state index in [4.69, 9.17) is 28.8 Å². The van der Waals surface area contributed by atoms with Crippen LogP contribution < -0.4 is 22.1 Å². The Labute approximate surface area is 143 Å². The van der Waals surface area contributed by atoms with Crippen LogP contribution in [-0.4, -0.2) is 29.4 Å². The molecule has 7 N–H and O–H groups in total. The number of aliphatic hydroxyl groups excluding tert-OH is 1. The molecule has 0 aliphatic heterocycles. The highest BCUT2D eigenvalue weighted by molar-refractivity contribution is 7.80. The topological polar surface area (TPSA) is 96.3 Å². The van der Waals surface area contributed by atoms with E-state index in [1.165, 1.54) is 6.20 Å². The number of aliphatic hydroxyl groups is 1. The Morgan fingerprint density at radius 1 is 1.22 bits per heavy atom. The van der Waals surface area contributed by atoms with Crippen molar-refractivity contribution in [2.24, 2.45) is 11.5 Å². The molecule has 0 aromatic rings. The second-order valence-electron chi connectivity index (χ2n) is 4.50. The normalized spacial score (nSPS) is 14.0. The zero-order valence-corrected chi connectivity index (χ0v) is 14.1. The van der Waals surface area contributed by atoms with Crippen LogP contribution >= 0.6 is 12.2 Å². The smallest absolute Gasteiger partial charge is 0.166 e. The third kappa shape index (κ3) is 10.1. The zero-order chi connectivity index (χ0) is 17.5. The average Bonchev–Trinajstić information content (AvgIpc) is 2.52. The first-order chi connectivity index (χ1) is 11.1. The van der Waals surface area contributed by atoms with E-state index < -0.39 is 0 Å². The average molecular weight is 334 g/mol. The summed E-state index contributed by atoms with van der Waals surface area (Å²) in [4.78, 5) is 0. The molecule has 0 saturated heterocycles. The fraction of sp³-hybridized carbons (Fsp3) is 0.235. The van der Waals surface area contributed by atoms with Crippen molar-refractivity contribution in [2.75, 3.05) is 13.2 Å². The minimum Gasteiger partial charge on any atom is -0.405 e. The van der Waals surface area contributed by atoms with Gasteiger partial charge < -0.3 is 27.2 Å². The van der Waals surface area contributed by atoms with Crippen molar-refractivity contribution in [2.45, 2.75) is 12.5 Å². The van der Waals surface area contributed by atoms with Crippen molar-refractivity contribution < 1.29 is 5.11 Å². The standard InChI is InChI=1S/C17H26N4OS/c1-3-5-6-8-15(19)13-16(14(7-4-2)9-10-18)21-17(23)20-11-12-22/h3-10,16,22H,1-2,11-13,18-19H2,(H2,20,21,23)/b6-5-,10-9-,14-7+,15-8-. The lowest BCUT2D eigenvalue weighted by atomic mass is 10.0. The molecule has 0 heterocycles. The van der Waals surface area contributed by atoms with Gasteiger partial charge in [-0.05, 0) is 36.1 Å². The number of hydrogen-bond acceptors (Lipinski definition) is 4. The number of nitrogens with two attached hydrogens (primary N) is 2. The van der Waals surface area contributed by atoms with Gasteiger partial charge in [0.2, 0.25) is 0 Å². The molecule has 0 bridgehead atoms. The van der Waals surface area contributed by atoms with Crippen LogP contribution in [-0.2, 0) is 0 Å². The Kier molecular flexibility index (Phi) is 12.0. The van der Waals surface area contributed by atoms with Crippen molar-refractivity contribution >= 4 is 17.3 Å². The number of thiocarbonyl (C=S) groups is 1. The molecule has 1 atom stereocenters. The predicted octanol–water partition coefficient (Wildman–Crippen LogP) is 1.37. The van der Waals surface area contributed by atoms with Gasteiger partial charge in [0.25, 0.3) is 0 Å². The Morgan fingerprint density at radius 3 is 2.52 bits per heavy atom. The monoisotopic (exact) mass is 334 g/mol. The van der Waals surface area contributed by atoms with E-state index in [1.54, 1.807) is 30.4 Å². The van der Waals surface area contributed by atoms with Gasteiger partial charge in [-0.2, -0.15) is 0 Å². The second kappa shape index (κ2) is 13.4. The maximum atomic E-state index is 8.85. The van der Waals surface area contributed by atoms with E-state index in [0.717, 1.165) is 5.57 Å². The zero-order valence-electron chi connectivity index (χ0n) is 13.2. The summed E-state index contributed by atoms with van der Waals surface area (Å²) in [5, 5.41) is 15.3. The molecular weight excluding hydrogens is 308 g/mol. The molecule has 0 aliphatic carbocycles. The van der Waals surface area contributed by atoms with Crippen LogP contribution in [0.4, 0.5) is 0 Å². The van der Waals surface area contributed by atoms with Gasteiger partial charge in [-0.3, -0.25) is 0 Å². The minimum absolute atomic E-state index is 0.00106. The molecule has 0 aromatic heterocycles. The Bertz CT molecular complexity index is 507. The first-order valence-corrected chi connectivity index (χ1v) is 7.59. The molecule has 0 fully saturated rings. The van der Waals surface area contributed by atoms with Gasteiger partial charge in [-0.1, -0.05) is 43.5 Å². The summed E-state index contributed by atoms with van der Waals surface area (Å²) < 4.78 is 0. The van der Waals surface area contributed by atoms with Crippen molar-refractivity contribution in [3.8, 4) is 0 Å². The third-order valence-electron chi connectivity index (χ3n) is 2.70. The maximum Gasteiger partial charge on any atom is 0.166 e. The lowest BCUT2D eigenvalue weighted by Gasteiger charge is -2.22. The van der Waals surface area contributed by atoms with Crippen LogP contribution in [0.25, 0.3) is 0 Å². The molecule has 0 amide bonds. The van der Waals surface area contributed by atoms with E-state index >= 15 is 0 Å². The van der Waals surface area contributed by atoms with Crippen LogP contribution in [0.1, 0.15) is 6.42 Å². The first kappa shape index (κ1) is 20.7. The molecule has 0 aliphatic rings. The summed E-state index contributed by atoms with van der Waals surface area (Å²) in [5.41, 5.74) is 13.1. The van der Waals surface area contributed by atoms with E-state index in [2.05, 4.69) is 23.8 Å². The largest absolute Gasteiger partial charge is 0.405 e. The van der Waals surface area contributed by atoms with E-state index in [0.29, 0.717) is 23.8 Å². The van der Waals surface area contributed by atoms with Gasteiger partial charge >= 0.3 is 0 Å². The van der Waals surface area contributed by atoms with Gasteiger partial charge in [-0.15, -0.1) is 0 Å². The van der Waals surface area contributed by atoms with Crippen LogP contribution in [0.2, 0.25) is 0 Å². The summed E-state index contributed by atoms with van der Waals surface area (Å²) in [6, 6.07) is -0.181. The second-order valence-corrected chi connectivity index (χ2v) is 4.91. The van der Waals surface area contributed by atoms with Gasteiger partial charge in [0.05, 0.1) is 12.6 Å². The highest BCUT2D eigenvalue weighted by Crippen LogP contribution is 2.12. The highest BCUT2D eigenvalue weighted by Gasteiger charge is 2.14. The Hall–Kier alpha value is -2.31. The molecule has 0 spiro atoms.